The summed E-state index contributed by atoms with van der Waals surface area (Å²) in [6.45, 7) is -1.99. The Hall–Kier alpha value is -2.24. The molecule has 1 aromatic heterocycles. The quantitative estimate of drug-likeness (QED) is 0.495. The van der Waals surface area contributed by atoms with Crippen molar-refractivity contribution >= 4 is 11.9 Å². The van der Waals surface area contributed by atoms with Crippen LogP contribution in [0.15, 0.2) is 22.8 Å². The monoisotopic (exact) mass is 350 g/mol. The predicted molar refractivity (Wildman–Crippen MR) is 57.0 cm³/mol. The molecule has 0 bridgehead atoms. The van der Waals surface area contributed by atoms with Gasteiger partial charge in [0.1, 0.15) is 13.2 Å². The lowest BCUT2D eigenvalue weighted by molar-refractivity contribution is -0.357. The fourth-order valence-electron chi connectivity index (χ4n) is 1.23. The molecule has 0 aromatic carbocycles. The summed E-state index contributed by atoms with van der Waals surface area (Å²) in [7, 11) is 0. The van der Waals surface area contributed by atoms with E-state index in [2.05, 4.69) is 13.9 Å². The Morgan fingerprint density at radius 3 is 2.00 bits per heavy atom. The second kappa shape index (κ2) is 6.48. The summed E-state index contributed by atoms with van der Waals surface area (Å²) in [5.74, 6) is -4.34. The van der Waals surface area contributed by atoms with Crippen LogP contribution < -0.4 is 0 Å². The zero-order valence-electron chi connectivity index (χ0n) is 10.9. The molecule has 0 saturated carbocycles. The van der Waals surface area contributed by atoms with Crippen molar-refractivity contribution in [2.24, 2.45) is 0 Å². The van der Waals surface area contributed by atoms with Crippen molar-refractivity contribution in [1.82, 2.24) is 0 Å². The van der Waals surface area contributed by atoms with Crippen molar-refractivity contribution in [2.45, 2.75) is 18.0 Å². The van der Waals surface area contributed by atoms with Gasteiger partial charge in [0.15, 0.2) is 0 Å². The molecule has 0 aliphatic carbocycles. The van der Waals surface area contributed by atoms with Crippen LogP contribution in [0.25, 0.3) is 0 Å². The van der Waals surface area contributed by atoms with Crippen LogP contribution in [0.1, 0.15) is 10.6 Å². The second-order valence-corrected chi connectivity index (χ2v) is 3.96. The number of esters is 2. The van der Waals surface area contributed by atoms with Crippen molar-refractivity contribution in [3.63, 3.8) is 0 Å². The average molecular weight is 350 g/mol. The van der Waals surface area contributed by atoms with E-state index in [0.29, 0.717) is 0 Å². The van der Waals surface area contributed by atoms with Crippen molar-refractivity contribution < 1.29 is 54.9 Å². The summed E-state index contributed by atoms with van der Waals surface area (Å²) < 4.78 is 86.5. The van der Waals surface area contributed by atoms with Gasteiger partial charge in [-0.15, -0.1) is 0 Å². The summed E-state index contributed by atoms with van der Waals surface area (Å²) >= 11 is 0. The van der Waals surface area contributed by atoms with Crippen LogP contribution in [-0.2, 0) is 14.3 Å². The third-order valence-electron chi connectivity index (χ3n) is 2.39. The summed E-state index contributed by atoms with van der Waals surface area (Å²) in [6.07, 6.45) is -11.6. The van der Waals surface area contributed by atoms with Crippen LogP contribution in [0.3, 0.4) is 0 Å². The Kier molecular flexibility index (Phi) is 5.30. The first-order chi connectivity index (χ1) is 10.4. The van der Waals surface area contributed by atoms with Gasteiger partial charge in [-0.05, 0) is 12.1 Å². The SMILES string of the molecule is O=C(OCCOC(=O)C(O)(C(F)(F)F)C(F)(F)F)c1ccco1. The van der Waals surface area contributed by atoms with Crippen molar-refractivity contribution in [3.05, 3.63) is 24.2 Å². The van der Waals surface area contributed by atoms with Gasteiger partial charge >= 0.3 is 29.9 Å². The van der Waals surface area contributed by atoms with Crippen LogP contribution in [0.4, 0.5) is 26.3 Å². The van der Waals surface area contributed by atoms with Crippen LogP contribution in [0.2, 0.25) is 0 Å². The zero-order valence-corrected chi connectivity index (χ0v) is 10.9. The molecule has 6 nitrogen and oxygen atoms in total. The highest BCUT2D eigenvalue weighted by molar-refractivity contribution is 5.86. The Morgan fingerprint density at radius 1 is 1.04 bits per heavy atom. The first-order valence-corrected chi connectivity index (χ1v) is 5.65. The molecule has 0 radical (unpaired) electrons. The minimum atomic E-state index is -6.34. The minimum Gasteiger partial charge on any atom is -0.459 e. The van der Waals surface area contributed by atoms with Crippen LogP contribution >= 0.6 is 0 Å². The molecule has 0 aliphatic heterocycles. The number of rotatable bonds is 5. The highest BCUT2D eigenvalue weighted by Gasteiger charge is 2.76. The Morgan fingerprint density at radius 2 is 1.57 bits per heavy atom. The molecule has 0 atom stereocenters. The lowest BCUT2D eigenvalue weighted by Crippen LogP contribution is -2.63. The molecular weight excluding hydrogens is 342 g/mol. The fourth-order valence-corrected chi connectivity index (χ4v) is 1.23. The van der Waals surface area contributed by atoms with Gasteiger partial charge in [0, 0.05) is 0 Å². The number of ether oxygens (including phenoxy) is 2. The summed E-state index contributed by atoms with van der Waals surface area (Å²) in [6, 6.07) is 2.50. The van der Waals surface area contributed by atoms with E-state index < -0.39 is 43.1 Å². The van der Waals surface area contributed by atoms with E-state index >= 15 is 0 Å². The highest BCUT2D eigenvalue weighted by atomic mass is 19.4. The first-order valence-electron chi connectivity index (χ1n) is 5.65. The van der Waals surface area contributed by atoms with Crippen molar-refractivity contribution in [3.8, 4) is 0 Å². The van der Waals surface area contributed by atoms with E-state index in [1.807, 2.05) is 0 Å². The normalized spacial score (nSPS) is 12.8. The van der Waals surface area contributed by atoms with Crippen molar-refractivity contribution in [2.75, 3.05) is 13.2 Å². The van der Waals surface area contributed by atoms with E-state index in [1.54, 1.807) is 0 Å². The Bertz CT molecular complexity index is 532. The number of aliphatic hydroxyl groups is 1. The third kappa shape index (κ3) is 3.94. The molecule has 1 N–H and O–H groups in total. The molecule has 1 rings (SSSR count). The topological polar surface area (TPSA) is 86.0 Å². The Balaban J connectivity index is 2.59. The van der Waals surface area contributed by atoms with Gasteiger partial charge in [0.2, 0.25) is 5.76 Å². The van der Waals surface area contributed by atoms with E-state index in [4.69, 9.17) is 5.11 Å². The second-order valence-electron chi connectivity index (χ2n) is 3.96. The molecule has 0 aliphatic rings. The molecule has 0 fully saturated rings. The molecule has 130 valence electrons. The first kappa shape index (κ1) is 18.8. The number of carbonyl (C=O) groups excluding carboxylic acids is 2. The fraction of sp³-hybridized carbons (Fsp3) is 0.455. The molecular formula is C11H8F6O6. The minimum absolute atomic E-state index is 0.279. The van der Waals surface area contributed by atoms with Crippen LogP contribution in [0, 0.1) is 0 Å². The molecule has 0 amide bonds. The van der Waals surface area contributed by atoms with Gasteiger partial charge in [-0.3, -0.25) is 0 Å². The van der Waals surface area contributed by atoms with E-state index in [1.165, 1.54) is 12.1 Å². The number of hydrogen-bond donors (Lipinski definition) is 1. The van der Waals surface area contributed by atoms with Gasteiger partial charge in [-0.25, -0.2) is 9.59 Å². The number of alkyl halides is 6. The number of carbonyl (C=O) groups is 2. The van der Waals surface area contributed by atoms with Gasteiger partial charge in [0.25, 0.3) is 0 Å². The van der Waals surface area contributed by atoms with Gasteiger partial charge in [-0.2, -0.15) is 26.3 Å². The lowest BCUT2D eigenvalue weighted by atomic mass is 10.0. The van der Waals surface area contributed by atoms with E-state index in [-0.39, 0.29) is 5.76 Å². The third-order valence-corrected chi connectivity index (χ3v) is 2.39. The smallest absolute Gasteiger partial charge is 0.437 e. The number of hydrogen-bond acceptors (Lipinski definition) is 6. The maximum Gasteiger partial charge on any atom is 0.437 e. The zero-order chi connectivity index (χ0) is 17.9. The summed E-state index contributed by atoms with van der Waals surface area (Å²) in [5.41, 5.74) is -5.68. The molecule has 0 saturated heterocycles. The van der Waals surface area contributed by atoms with Crippen LogP contribution in [0.5, 0.6) is 0 Å². The molecule has 12 heteroatoms. The summed E-state index contributed by atoms with van der Waals surface area (Å²) in [4.78, 5) is 22.2. The lowest BCUT2D eigenvalue weighted by Gasteiger charge is -2.29. The summed E-state index contributed by atoms with van der Waals surface area (Å²) in [5, 5.41) is 8.66. The molecule has 0 spiro atoms. The maximum atomic E-state index is 12.3. The molecule has 1 heterocycles. The Labute approximate surface area is 123 Å². The van der Waals surface area contributed by atoms with Crippen molar-refractivity contribution in [1.29, 1.82) is 0 Å². The molecule has 23 heavy (non-hydrogen) atoms. The van der Waals surface area contributed by atoms with Gasteiger partial charge < -0.3 is 19.0 Å². The van der Waals surface area contributed by atoms with Crippen LogP contribution in [-0.4, -0.2) is 48.2 Å². The largest absolute Gasteiger partial charge is 0.459 e. The molecule has 1 aromatic rings. The standard InChI is InChI=1S/C11H8F6O6/c12-10(13,14)9(20,11(15,16)17)8(19)23-5-4-22-7(18)6-2-1-3-21-6/h1-3,20H,4-5H2. The number of furan rings is 1. The number of halogens is 6. The highest BCUT2D eigenvalue weighted by Crippen LogP contribution is 2.43. The predicted octanol–water partition coefficient (Wildman–Crippen LogP) is 1.84. The van der Waals surface area contributed by atoms with Gasteiger partial charge in [-0.1, -0.05) is 0 Å². The average Bonchev–Trinajstić information content (AvgIpc) is 2.93. The van der Waals surface area contributed by atoms with E-state index in [9.17, 15) is 35.9 Å². The van der Waals surface area contributed by atoms with Gasteiger partial charge in [0.05, 0.1) is 6.26 Å². The van der Waals surface area contributed by atoms with E-state index in [0.717, 1.165) is 6.26 Å². The maximum absolute atomic E-state index is 12.3. The molecule has 0 unspecified atom stereocenters.